The molecule has 1 aromatic heterocycles. The lowest BCUT2D eigenvalue weighted by Crippen LogP contribution is -2.42. The van der Waals surface area contributed by atoms with Crippen molar-refractivity contribution < 1.29 is 22.7 Å². The van der Waals surface area contributed by atoms with Gasteiger partial charge in [0.1, 0.15) is 6.10 Å². The first-order valence-electron chi connectivity index (χ1n) is 5.82. The quantitative estimate of drug-likeness (QED) is 0.802. The molecule has 0 unspecified atom stereocenters. The van der Waals surface area contributed by atoms with Crippen LogP contribution in [0.3, 0.4) is 0 Å². The van der Waals surface area contributed by atoms with Gasteiger partial charge in [0.2, 0.25) is 0 Å². The van der Waals surface area contributed by atoms with E-state index in [-0.39, 0.29) is 24.9 Å². The third-order valence-corrected chi connectivity index (χ3v) is 3.44. The Labute approximate surface area is 112 Å². The average Bonchev–Trinajstić information content (AvgIpc) is 2.83. The van der Waals surface area contributed by atoms with Crippen molar-refractivity contribution in [1.82, 2.24) is 9.88 Å². The molecule has 8 heteroatoms. The highest BCUT2D eigenvalue weighted by Gasteiger charge is 2.33. The summed E-state index contributed by atoms with van der Waals surface area (Å²) < 4.78 is 41.8. The van der Waals surface area contributed by atoms with Gasteiger partial charge in [-0.15, -0.1) is 11.3 Å². The van der Waals surface area contributed by atoms with Crippen molar-refractivity contribution in [3.05, 3.63) is 16.6 Å². The lowest BCUT2D eigenvalue weighted by atomic mass is 10.1. The number of esters is 1. The van der Waals surface area contributed by atoms with Crippen LogP contribution >= 0.6 is 11.3 Å². The van der Waals surface area contributed by atoms with Gasteiger partial charge in [-0.2, -0.15) is 13.2 Å². The molecular formula is C11H13F3N2O2S. The highest BCUT2D eigenvalue weighted by molar-refractivity contribution is 7.07. The van der Waals surface area contributed by atoms with Gasteiger partial charge >= 0.3 is 12.1 Å². The normalized spacial score (nSPS) is 18.5. The number of carbonyl (C=O) groups is 1. The Balaban J connectivity index is 1.76. The molecule has 1 fully saturated rings. The van der Waals surface area contributed by atoms with Crippen LogP contribution in [0.5, 0.6) is 0 Å². The summed E-state index contributed by atoms with van der Waals surface area (Å²) in [6, 6.07) is 0. The van der Waals surface area contributed by atoms with Crippen LogP contribution in [0.2, 0.25) is 0 Å². The molecule has 0 amide bonds. The third-order valence-electron chi connectivity index (χ3n) is 2.85. The SMILES string of the molecule is O=C(OC1CCN(CC(F)(F)F)CC1)c1cscn1. The predicted molar refractivity (Wildman–Crippen MR) is 63.0 cm³/mol. The molecule has 1 saturated heterocycles. The summed E-state index contributed by atoms with van der Waals surface area (Å²) in [7, 11) is 0. The van der Waals surface area contributed by atoms with Crippen LogP contribution in [0.15, 0.2) is 10.9 Å². The van der Waals surface area contributed by atoms with Crippen molar-refractivity contribution in [1.29, 1.82) is 0 Å². The lowest BCUT2D eigenvalue weighted by molar-refractivity contribution is -0.150. The summed E-state index contributed by atoms with van der Waals surface area (Å²) in [5.41, 5.74) is 1.78. The molecule has 0 aliphatic carbocycles. The van der Waals surface area contributed by atoms with Gasteiger partial charge < -0.3 is 4.74 Å². The van der Waals surface area contributed by atoms with Crippen molar-refractivity contribution >= 4 is 17.3 Å². The first-order valence-corrected chi connectivity index (χ1v) is 6.76. The van der Waals surface area contributed by atoms with E-state index in [1.54, 1.807) is 5.38 Å². The Morgan fingerprint density at radius 1 is 1.47 bits per heavy atom. The van der Waals surface area contributed by atoms with E-state index in [1.165, 1.54) is 21.7 Å². The van der Waals surface area contributed by atoms with Gasteiger partial charge in [0.25, 0.3) is 0 Å². The van der Waals surface area contributed by atoms with Crippen molar-refractivity contribution in [2.45, 2.75) is 25.1 Å². The number of aromatic nitrogens is 1. The van der Waals surface area contributed by atoms with E-state index in [2.05, 4.69) is 4.98 Å². The Bertz CT molecular complexity index is 414. The summed E-state index contributed by atoms with van der Waals surface area (Å²) >= 11 is 1.29. The Hall–Kier alpha value is -1.15. The highest BCUT2D eigenvalue weighted by Crippen LogP contribution is 2.21. The molecule has 2 heterocycles. The zero-order valence-electron chi connectivity index (χ0n) is 10.0. The smallest absolute Gasteiger partial charge is 0.401 e. The standard InChI is InChI=1S/C11H13F3N2O2S/c12-11(13,14)6-16-3-1-8(2-4-16)18-10(17)9-5-19-7-15-9/h5,7-8H,1-4,6H2. The molecule has 0 N–H and O–H groups in total. The second-order valence-electron chi connectivity index (χ2n) is 4.37. The number of thiazole rings is 1. The van der Waals surface area contributed by atoms with Crippen LogP contribution in [0, 0.1) is 0 Å². The number of alkyl halides is 3. The van der Waals surface area contributed by atoms with E-state index >= 15 is 0 Å². The summed E-state index contributed by atoms with van der Waals surface area (Å²) in [5.74, 6) is -0.504. The van der Waals surface area contributed by atoms with E-state index in [0.29, 0.717) is 12.8 Å². The van der Waals surface area contributed by atoms with Crippen molar-refractivity contribution in [2.24, 2.45) is 0 Å². The number of carbonyl (C=O) groups excluding carboxylic acids is 1. The van der Waals surface area contributed by atoms with Crippen molar-refractivity contribution in [2.75, 3.05) is 19.6 Å². The fourth-order valence-corrected chi connectivity index (χ4v) is 2.49. The second-order valence-corrected chi connectivity index (χ2v) is 5.09. The lowest BCUT2D eigenvalue weighted by Gasteiger charge is -2.31. The number of piperidine rings is 1. The molecular weight excluding hydrogens is 281 g/mol. The summed E-state index contributed by atoms with van der Waals surface area (Å²) in [4.78, 5) is 16.8. The molecule has 1 aromatic rings. The van der Waals surface area contributed by atoms with Gasteiger partial charge in [-0.05, 0) is 12.8 Å². The number of ether oxygens (including phenoxy) is 1. The molecule has 19 heavy (non-hydrogen) atoms. The zero-order chi connectivity index (χ0) is 13.9. The van der Waals surface area contributed by atoms with E-state index in [1.807, 2.05) is 0 Å². The van der Waals surface area contributed by atoms with Crippen LogP contribution < -0.4 is 0 Å². The topological polar surface area (TPSA) is 42.4 Å². The van der Waals surface area contributed by atoms with Gasteiger partial charge in [-0.25, -0.2) is 9.78 Å². The fraction of sp³-hybridized carbons (Fsp3) is 0.636. The molecule has 0 spiro atoms. The van der Waals surface area contributed by atoms with Gasteiger partial charge in [0.05, 0.1) is 12.1 Å². The Morgan fingerprint density at radius 2 is 2.16 bits per heavy atom. The van der Waals surface area contributed by atoms with Gasteiger partial charge in [0, 0.05) is 18.5 Å². The third kappa shape index (κ3) is 4.46. The number of likely N-dealkylation sites (tertiary alicyclic amines) is 1. The summed E-state index contributed by atoms with van der Waals surface area (Å²) in [6.45, 7) is -0.331. The maximum absolute atomic E-state index is 12.2. The van der Waals surface area contributed by atoms with E-state index in [0.717, 1.165) is 0 Å². The average molecular weight is 294 g/mol. The van der Waals surface area contributed by atoms with Crippen LogP contribution in [0.1, 0.15) is 23.3 Å². The minimum atomic E-state index is -4.18. The molecule has 106 valence electrons. The first-order chi connectivity index (χ1) is 8.94. The predicted octanol–water partition coefficient (Wildman–Crippen LogP) is 2.33. The fourth-order valence-electron chi connectivity index (χ4n) is 1.96. The minimum Gasteiger partial charge on any atom is -0.458 e. The molecule has 1 aliphatic rings. The van der Waals surface area contributed by atoms with Crippen LogP contribution in [-0.2, 0) is 4.74 Å². The van der Waals surface area contributed by atoms with E-state index in [9.17, 15) is 18.0 Å². The van der Waals surface area contributed by atoms with E-state index < -0.39 is 18.7 Å². The molecule has 4 nitrogen and oxygen atoms in total. The molecule has 0 bridgehead atoms. The number of nitrogens with zero attached hydrogens (tertiary/aromatic N) is 2. The van der Waals surface area contributed by atoms with Gasteiger partial charge in [-0.3, -0.25) is 4.90 Å². The van der Waals surface area contributed by atoms with Crippen LogP contribution in [0.25, 0.3) is 0 Å². The number of hydrogen-bond acceptors (Lipinski definition) is 5. The first kappa shape index (κ1) is 14.3. The number of rotatable bonds is 3. The molecule has 2 rings (SSSR count). The monoisotopic (exact) mass is 294 g/mol. The summed E-state index contributed by atoms with van der Waals surface area (Å²) in [5, 5.41) is 1.58. The minimum absolute atomic E-state index is 0.253. The second kappa shape index (κ2) is 5.87. The maximum Gasteiger partial charge on any atom is 0.401 e. The van der Waals surface area contributed by atoms with Crippen LogP contribution in [0.4, 0.5) is 13.2 Å². The molecule has 1 aliphatic heterocycles. The number of halogens is 3. The maximum atomic E-state index is 12.2. The van der Waals surface area contributed by atoms with Crippen LogP contribution in [-0.4, -0.2) is 47.8 Å². The zero-order valence-corrected chi connectivity index (χ0v) is 10.8. The number of hydrogen-bond donors (Lipinski definition) is 0. The molecule has 0 saturated carbocycles. The molecule has 0 aromatic carbocycles. The Kier molecular flexibility index (Phi) is 4.41. The van der Waals surface area contributed by atoms with E-state index in [4.69, 9.17) is 4.74 Å². The largest absolute Gasteiger partial charge is 0.458 e. The van der Waals surface area contributed by atoms with Gasteiger partial charge in [0.15, 0.2) is 5.69 Å². The van der Waals surface area contributed by atoms with Gasteiger partial charge in [-0.1, -0.05) is 0 Å². The molecule has 0 radical (unpaired) electrons. The summed E-state index contributed by atoms with van der Waals surface area (Å²) in [6.07, 6.45) is -3.65. The Morgan fingerprint density at radius 3 is 2.68 bits per heavy atom. The van der Waals surface area contributed by atoms with Crippen molar-refractivity contribution in [3.8, 4) is 0 Å². The highest BCUT2D eigenvalue weighted by atomic mass is 32.1. The molecule has 0 atom stereocenters. The van der Waals surface area contributed by atoms with Crippen molar-refractivity contribution in [3.63, 3.8) is 0 Å².